The minimum Gasteiger partial charge on any atom is -0.465 e. The summed E-state index contributed by atoms with van der Waals surface area (Å²) in [7, 11) is 0. The van der Waals surface area contributed by atoms with Crippen molar-refractivity contribution in [1.29, 1.82) is 0 Å². The Bertz CT molecular complexity index is 797. The molecule has 1 atom stereocenters. The van der Waals surface area contributed by atoms with E-state index < -0.39 is 29.9 Å². The number of thiazole rings is 1. The lowest BCUT2D eigenvalue weighted by Gasteiger charge is -2.19. The van der Waals surface area contributed by atoms with Gasteiger partial charge >= 0.3 is 12.2 Å². The number of halogens is 3. The van der Waals surface area contributed by atoms with Crippen molar-refractivity contribution in [1.82, 2.24) is 4.98 Å². The maximum Gasteiger partial charge on any atom is 0.414 e. The summed E-state index contributed by atoms with van der Waals surface area (Å²) in [6, 6.07) is 2.06. The average Bonchev–Trinajstić information content (AvgIpc) is 3.19. The molecule has 1 aliphatic heterocycles. The van der Waals surface area contributed by atoms with E-state index in [-0.39, 0.29) is 27.5 Å². The Labute approximate surface area is 158 Å². The van der Waals surface area contributed by atoms with E-state index >= 15 is 0 Å². The van der Waals surface area contributed by atoms with Crippen LogP contribution in [0.4, 0.5) is 29.2 Å². The third-order valence-corrected chi connectivity index (χ3v) is 5.25. The van der Waals surface area contributed by atoms with Crippen LogP contribution in [0, 0.1) is 15.2 Å². The van der Waals surface area contributed by atoms with Crippen LogP contribution in [-0.2, 0) is 4.74 Å². The van der Waals surface area contributed by atoms with Crippen molar-refractivity contribution in [3.8, 4) is 0 Å². The van der Waals surface area contributed by atoms with Crippen LogP contribution in [0.5, 0.6) is 0 Å². The Morgan fingerprint density at radius 2 is 2.16 bits per heavy atom. The molecule has 1 N–H and O–H groups in total. The van der Waals surface area contributed by atoms with Crippen LogP contribution in [0.25, 0.3) is 0 Å². The summed E-state index contributed by atoms with van der Waals surface area (Å²) >= 11 is 2.65. The second-order valence-corrected chi connectivity index (χ2v) is 7.00. The fourth-order valence-electron chi connectivity index (χ4n) is 2.32. The maximum absolute atomic E-state index is 13.7. The molecule has 1 aromatic carbocycles. The van der Waals surface area contributed by atoms with Crippen molar-refractivity contribution in [3.05, 3.63) is 38.9 Å². The molecule has 2 aromatic rings. The van der Waals surface area contributed by atoms with Gasteiger partial charge in [-0.25, -0.2) is 28.3 Å². The van der Waals surface area contributed by atoms with Gasteiger partial charge < -0.3 is 9.84 Å². The highest BCUT2D eigenvalue weighted by molar-refractivity contribution is 14.1. The molecular weight excluding hydrogens is 471 g/mol. The van der Waals surface area contributed by atoms with Crippen LogP contribution in [0.3, 0.4) is 0 Å². The van der Waals surface area contributed by atoms with E-state index in [1.54, 1.807) is 5.38 Å². The lowest BCUT2D eigenvalue weighted by molar-refractivity contribution is 0.141. The number of carbonyl (C=O) groups excluding carboxylic acids is 1. The van der Waals surface area contributed by atoms with Crippen LogP contribution < -0.4 is 9.80 Å². The number of hydrogen-bond acceptors (Lipinski definition) is 5. The van der Waals surface area contributed by atoms with Crippen LogP contribution in [0.1, 0.15) is 0 Å². The lowest BCUT2D eigenvalue weighted by atomic mass is 10.2. The average molecular weight is 481 g/mol. The smallest absolute Gasteiger partial charge is 0.414 e. The summed E-state index contributed by atoms with van der Waals surface area (Å²) in [5.41, 5.74) is 0.0130. The van der Waals surface area contributed by atoms with E-state index in [1.807, 2.05) is 0 Å². The van der Waals surface area contributed by atoms with Crippen molar-refractivity contribution >= 4 is 56.9 Å². The topological polar surface area (TPSA) is 83.0 Å². The molecule has 0 saturated carbocycles. The molecule has 11 heteroatoms. The summed E-state index contributed by atoms with van der Waals surface area (Å²) in [6.45, 7) is -0.173. The Hall–Kier alpha value is -2.02. The highest BCUT2D eigenvalue weighted by Crippen LogP contribution is 2.28. The van der Waals surface area contributed by atoms with Crippen molar-refractivity contribution in [2.45, 2.75) is 6.10 Å². The van der Waals surface area contributed by atoms with Crippen LogP contribution in [0.15, 0.2) is 23.7 Å². The van der Waals surface area contributed by atoms with E-state index in [0.29, 0.717) is 0 Å². The number of aromatic nitrogens is 1. The molecule has 7 nitrogen and oxygen atoms in total. The molecule has 2 heterocycles. The van der Waals surface area contributed by atoms with Gasteiger partial charge in [0.15, 0.2) is 5.13 Å². The van der Waals surface area contributed by atoms with E-state index in [9.17, 15) is 23.5 Å². The number of anilines is 2. The Morgan fingerprint density at radius 1 is 1.48 bits per heavy atom. The number of rotatable bonds is 4. The van der Waals surface area contributed by atoms with Crippen molar-refractivity contribution in [2.75, 3.05) is 22.9 Å². The Morgan fingerprint density at radius 3 is 2.72 bits per heavy atom. The minimum absolute atomic E-state index is 0.0130. The molecule has 1 fully saturated rings. The van der Waals surface area contributed by atoms with Crippen molar-refractivity contribution < 1.29 is 28.2 Å². The van der Waals surface area contributed by atoms with E-state index in [2.05, 4.69) is 4.98 Å². The van der Waals surface area contributed by atoms with Gasteiger partial charge in [0, 0.05) is 11.6 Å². The first-order valence-electron chi connectivity index (χ1n) is 6.89. The molecule has 2 amide bonds. The van der Waals surface area contributed by atoms with Crippen LogP contribution in [0.2, 0.25) is 0 Å². The summed E-state index contributed by atoms with van der Waals surface area (Å²) in [6.07, 6.45) is -1.37. The third-order valence-electron chi connectivity index (χ3n) is 3.42. The summed E-state index contributed by atoms with van der Waals surface area (Å²) in [4.78, 5) is 29.3. The predicted octanol–water partition coefficient (Wildman–Crippen LogP) is 3.54. The summed E-state index contributed by atoms with van der Waals surface area (Å²) in [5, 5.41) is 11.2. The number of carboxylic acid groups (broad SMARTS) is 1. The standard InChI is InChI=1S/C14H10F2IN3O4S/c15-9-3-7(4-10(16)11(9)17)19-5-8(24-14(19)23)6-20(13(21)22)12-18-1-2-25-12/h1-4,8H,5-6H2,(H,21,22)/t8-/m1/s1. The fraction of sp³-hybridized carbons (Fsp3) is 0.214. The number of cyclic esters (lactones) is 1. The normalized spacial score (nSPS) is 16.8. The van der Waals surface area contributed by atoms with Gasteiger partial charge in [-0.05, 0) is 34.7 Å². The minimum atomic E-state index is -1.24. The van der Waals surface area contributed by atoms with Gasteiger partial charge in [0.25, 0.3) is 0 Å². The summed E-state index contributed by atoms with van der Waals surface area (Å²) < 4.78 is 32.4. The van der Waals surface area contributed by atoms with Crippen LogP contribution in [-0.4, -0.2) is 41.5 Å². The first-order valence-corrected chi connectivity index (χ1v) is 8.85. The Balaban J connectivity index is 1.77. The predicted molar refractivity (Wildman–Crippen MR) is 94.2 cm³/mol. The van der Waals surface area contributed by atoms with Gasteiger partial charge in [-0.1, -0.05) is 0 Å². The molecule has 132 valence electrons. The van der Waals surface area contributed by atoms with Crippen molar-refractivity contribution in [3.63, 3.8) is 0 Å². The molecule has 0 radical (unpaired) electrons. The zero-order valence-corrected chi connectivity index (χ0v) is 15.3. The first-order chi connectivity index (χ1) is 11.9. The number of nitrogens with zero attached hydrogens (tertiary/aromatic N) is 3. The molecular formula is C14H10F2IN3O4S. The zero-order valence-electron chi connectivity index (χ0n) is 12.4. The van der Waals surface area contributed by atoms with Crippen molar-refractivity contribution in [2.24, 2.45) is 0 Å². The third kappa shape index (κ3) is 3.66. The molecule has 1 aromatic heterocycles. The molecule has 0 spiro atoms. The molecule has 1 aliphatic rings. The van der Waals surface area contributed by atoms with Gasteiger partial charge in [0.05, 0.1) is 22.3 Å². The summed E-state index contributed by atoms with van der Waals surface area (Å²) in [5.74, 6) is -1.58. The number of amides is 2. The molecule has 0 unspecified atom stereocenters. The maximum atomic E-state index is 13.7. The molecule has 3 rings (SSSR count). The monoisotopic (exact) mass is 481 g/mol. The van der Waals surface area contributed by atoms with Crippen LogP contribution >= 0.6 is 33.9 Å². The van der Waals surface area contributed by atoms with Gasteiger partial charge in [0.2, 0.25) is 0 Å². The first kappa shape index (κ1) is 17.8. The molecule has 1 saturated heterocycles. The largest absolute Gasteiger partial charge is 0.465 e. The highest BCUT2D eigenvalue weighted by Gasteiger charge is 2.36. The van der Waals surface area contributed by atoms with Gasteiger partial charge in [0.1, 0.15) is 17.7 Å². The number of ether oxygens (including phenoxy) is 1. The molecule has 0 bridgehead atoms. The highest BCUT2D eigenvalue weighted by atomic mass is 127. The SMILES string of the molecule is O=C1O[C@@H](CN(C(=O)O)c2nccs2)CN1c1cc(F)c(I)c(F)c1. The van der Waals surface area contributed by atoms with Gasteiger partial charge in [-0.15, -0.1) is 11.3 Å². The van der Waals surface area contributed by atoms with Gasteiger partial charge in [-0.2, -0.15) is 0 Å². The lowest BCUT2D eigenvalue weighted by Crippen LogP contribution is -2.38. The molecule has 25 heavy (non-hydrogen) atoms. The number of benzene rings is 1. The molecule has 0 aliphatic carbocycles. The quantitative estimate of drug-likeness (QED) is 0.534. The number of hydrogen-bond donors (Lipinski definition) is 1. The number of carbonyl (C=O) groups is 2. The van der Waals surface area contributed by atoms with E-state index in [0.717, 1.165) is 33.3 Å². The fourth-order valence-corrected chi connectivity index (χ4v) is 3.27. The zero-order chi connectivity index (χ0) is 18.1. The van der Waals surface area contributed by atoms with E-state index in [1.165, 1.54) is 28.8 Å². The van der Waals surface area contributed by atoms with E-state index in [4.69, 9.17) is 4.74 Å². The van der Waals surface area contributed by atoms with Gasteiger partial charge in [-0.3, -0.25) is 4.90 Å². The Kier molecular flexibility index (Phi) is 5.03. The second-order valence-electron chi connectivity index (χ2n) is 5.05. The second kappa shape index (κ2) is 7.07.